The first-order valence-corrected chi connectivity index (χ1v) is 7.83. The molecule has 0 spiro atoms. The monoisotopic (exact) mass is 430 g/mol. The van der Waals surface area contributed by atoms with Gasteiger partial charge in [0.25, 0.3) is 0 Å². The second-order valence-electron chi connectivity index (χ2n) is 4.32. The maximum absolute atomic E-state index is 4.38. The maximum Gasteiger partial charge on any atom is 0.106 e. The van der Waals surface area contributed by atoms with Crippen molar-refractivity contribution in [3.8, 4) is 0 Å². The van der Waals surface area contributed by atoms with Crippen molar-refractivity contribution >= 4 is 48.9 Å². The Kier molecular flexibility index (Phi) is 4.32. The zero-order valence-corrected chi connectivity index (χ0v) is 13.2. The lowest BCUT2D eigenvalue weighted by Crippen LogP contribution is -2.26. The van der Waals surface area contributed by atoms with E-state index in [0.717, 1.165) is 3.92 Å². The SMILES string of the molecule is CC1=C2CCC(I)CCCC2C(I)=NN1. The third kappa shape index (κ3) is 2.87. The molecule has 4 heteroatoms. The van der Waals surface area contributed by atoms with Crippen molar-refractivity contribution in [3.05, 3.63) is 11.3 Å². The number of nitrogens with one attached hydrogen (secondary N) is 1. The molecule has 2 nitrogen and oxygen atoms in total. The van der Waals surface area contributed by atoms with Crippen molar-refractivity contribution in [1.82, 2.24) is 5.43 Å². The third-order valence-corrected chi connectivity index (χ3v) is 5.50. The van der Waals surface area contributed by atoms with Gasteiger partial charge in [-0.2, -0.15) is 5.10 Å². The minimum atomic E-state index is 0.621. The summed E-state index contributed by atoms with van der Waals surface area (Å²) in [6.45, 7) is 2.17. The summed E-state index contributed by atoms with van der Waals surface area (Å²) in [6, 6.07) is 0. The van der Waals surface area contributed by atoms with Crippen LogP contribution in [0.3, 0.4) is 0 Å². The molecule has 0 aromatic carbocycles. The molecule has 1 aliphatic heterocycles. The average Bonchev–Trinajstić information content (AvgIpc) is 2.18. The lowest BCUT2D eigenvalue weighted by molar-refractivity contribution is 0.531. The largest absolute Gasteiger partial charge is 0.282 e. The van der Waals surface area contributed by atoms with Crippen LogP contribution in [0, 0.1) is 5.92 Å². The molecule has 84 valence electrons. The van der Waals surface area contributed by atoms with Gasteiger partial charge in [0.2, 0.25) is 0 Å². The Morgan fingerprint density at radius 2 is 2.13 bits per heavy atom. The van der Waals surface area contributed by atoms with Crippen LogP contribution in [0.2, 0.25) is 0 Å². The van der Waals surface area contributed by atoms with Crippen LogP contribution in [0.25, 0.3) is 0 Å². The predicted molar refractivity (Wildman–Crippen MR) is 81.7 cm³/mol. The van der Waals surface area contributed by atoms with Gasteiger partial charge in [0.15, 0.2) is 0 Å². The zero-order valence-electron chi connectivity index (χ0n) is 8.89. The molecule has 2 aliphatic rings. The summed E-state index contributed by atoms with van der Waals surface area (Å²) in [6.07, 6.45) is 6.59. The minimum Gasteiger partial charge on any atom is -0.282 e. The molecule has 0 radical (unpaired) electrons. The predicted octanol–water partition coefficient (Wildman–Crippen LogP) is 4.00. The molecular formula is C11H16I2N2. The van der Waals surface area contributed by atoms with Gasteiger partial charge in [0.1, 0.15) is 3.72 Å². The number of fused-ring (bicyclic) bond motifs is 1. The first-order valence-electron chi connectivity index (χ1n) is 5.51. The maximum atomic E-state index is 4.38. The average molecular weight is 430 g/mol. The summed E-state index contributed by atoms with van der Waals surface area (Å²) in [5.74, 6) is 0.621. The summed E-state index contributed by atoms with van der Waals surface area (Å²) < 4.78 is 2.11. The van der Waals surface area contributed by atoms with Crippen LogP contribution in [0.5, 0.6) is 0 Å². The van der Waals surface area contributed by atoms with E-state index in [1.807, 2.05) is 0 Å². The molecule has 15 heavy (non-hydrogen) atoms. The fourth-order valence-corrected chi connectivity index (χ4v) is 3.91. The minimum absolute atomic E-state index is 0.621. The molecular weight excluding hydrogens is 414 g/mol. The number of allylic oxidation sites excluding steroid dienone is 2. The molecule has 1 heterocycles. The number of halogens is 2. The number of alkyl halides is 1. The smallest absolute Gasteiger partial charge is 0.106 e. The fraction of sp³-hybridized carbons (Fsp3) is 0.727. The lowest BCUT2D eigenvalue weighted by Gasteiger charge is -2.29. The highest BCUT2D eigenvalue weighted by Gasteiger charge is 2.26. The molecule has 2 unspecified atom stereocenters. The Hall–Kier alpha value is 0.670. The molecule has 1 saturated carbocycles. The second kappa shape index (κ2) is 5.33. The van der Waals surface area contributed by atoms with Crippen LogP contribution < -0.4 is 5.43 Å². The van der Waals surface area contributed by atoms with E-state index < -0.39 is 0 Å². The number of hydrogen-bond acceptors (Lipinski definition) is 2. The quantitative estimate of drug-likeness (QED) is 0.457. The Morgan fingerprint density at radius 3 is 2.93 bits per heavy atom. The van der Waals surface area contributed by atoms with Crippen LogP contribution >= 0.6 is 45.2 Å². The van der Waals surface area contributed by atoms with Gasteiger partial charge in [-0.05, 0) is 60.8 Å². The van der Waals surface area contributed by atoms with Crippen molar-refractivity contribution < 1.29 is 0 Å². The van der Waals surface area contributed by atoms with Gasteiger partial charge in [-0.3, -0.25) is 5.43 Å². The third-order valence-electron chi connectivity index (χ3n) is 3.26. The standard InChI is InChI=1S/C11H16I2N2/c1-7-9-6-5-8(12)3-2-4-10(9)11(13)15-14-7/h8,10,14H,2-6H2,1H3. The van der Waals surface area contributed by atoms with E-state index in [2.05, 4.69) is 62.6 Å². The second-order valence-corrected chi connectivity index (χ2v) is 7.18. The molecule has 0 aromatic heterocycles. The van der Waals surface area contributed by atoms with Crippen LogP contribution in [0.15, 0.2) is 16.4 Å². The highest BCUT2D eigenvalue weighted by Crippen LogP contribution is 2.35. The molecule has 1 fully saturated rings. The summed E-state index contributed by atoms with van der Waals surface area (Å²) in [7, 11) is 0. The van der Waals surface area contributed by atoms with Gasteiger partial charge in [-0.15, -0.1) is 0 Å². The first kappa shape index (κ1) is 12.1. The van der Waals surface area contributed by atoms with E-state index in [9.17, 15) is 0 Å². The Labute approximate surface area is 119 Å². The van der Waals surface area contributed by atoms with Crippen LogP contribution in [0.4, 0.5) is 0 Å². The lowest BCUT2D eigenvalue weighted by atomic mass is 9.85. The normalized spacial score (nSPS) is 32.3. The van der Waals surface area contributed by atoms with E-state index in [0.29, 0.717) is 5.92 Å². The van der Waals surface area contributed by atoms with E-state index in [1.165, 1.54) is 41.5 Å². The Morgan fingerprint density at radius 1 is 1.33 bits per heavy atom. The molecule has 1 aliphatic carbocycles. The van der Waals surface area contributed by atoms with E-state index >= 15 is 0 Å². The van der Waals surface area contributed by atoms with Crippen molar-refractivity contribution in [2.75, 3.05) is 0 Å². The zero-order chi connectivity index (χ0) is 10.8. The van der Waals surface area contributed by atoms with E-state index in [4.69, 9.17) is 0 Å². The van der Waals surface area contributed by atoms with Gasteiger partial charge in [-0.25, -0.2) is 0 Å². The summed E-state index contributed by atoms with van der Waals surface area (Å²) in [5.41, 5.74) is 6.06. The van der Waals surface area contributed by atoms with Crippen LogP contribution in [-0.4, -0.2) is 7.64 Å². The molecule has 0 saturated heterocycles. The van der Waals surface area contributed by atoms with Crippen LogP contribution in [-0.2, 0) is 0 Å². The van der Waals surface area contributed by atoms with Crippen molar-refractivity contribution in [2.45, 2.75) is 43.0 Å². The van der Waals surface area contributed by atoms with Crippen molar-refractivity contribution in [1.29, 1.82) is 0 Å². The molecule has 0 bridgehead atoms. The van der Waals surface area contributed by atoms with Crippen LogP contribution in [0.1, 0.15) is 39.0 Å². The number of hydrogen-bond donors (Lipinski definition) is 1. The summed E-state index contributed by atoms with van der Waals surface area (Å²) >= 11 is 4.99. The van der Waals surface area contributed by atoms with Gasteiger partial charge in [0.05, 0.1) is 0 Å². The van der Waals surface area contributed by atoms with Crippen molar-refractivity contribution in [3.63, 3.8) is 0 Å². The highest BCUT2D eigenvalue weighted by atomic mass is 127. The highest BCUT2D eigenvalue weighted by molar-refractivity contribution is 14.1. The molecule has 0 amide bonds. The topological polar surface area (TPSA) is 24.4 Å². The van der Waals surface area contributed by atoms with Gasteiger partial charge >= 0.3 is 0 Å². The summed E-state index contributed by atoms with van der Waals surface area (Å²) in [4.78, 5) is 0. The Balaban J connectivity index is 2.18. The molecule has 2 rings (SSSR count). The molecule has 0 aromatic rings. The first-order chi connectivity index (χ1) is 7.18. The Bertz CT molecular complexity index is 310. The van der Waals surface area contributed by atoms with E-state index in [1.54, 1.807) is 5.57 Å². The molecule has 1 N–H and O–H groups in total. The van der Waals surface area contributed by atoms with Gasteiger partial charge in [-0.1, -0.05) is 29.0 Å². The summed E-state index contributed by atoms with van der Waals surface area (Å²) in [5, 5.41) is 4.38. The number of nitrogens with zero attached hydrogens (tertiary/aromatic N) is 1. The molecule has 2 atom stereocenters. The van der Waals surface area contributed by atoms with Crippen molar-refractivity contribution in [2.24, 2.45) is 11.0 Å². The number of rotatable bonds is 0. The van der Waals surface area contributed by atoms with E-state index in [-0.39, 0.29) is 0 Å². The number of hydrazone groups is 1. The fourth-order valence-electron chi connectivity index (χ4n) is 2.35. The van der Waals surface area contributed by atoms with Gasteiger partial charge < -0.3 is 0 Å². The van der Waals surface area contributed by atoms with Gasteiger partial charge in [0, 0.05) is 15.5 Å².